The predicted octanol–water partition coefficient (Wildman–Crippen LogP) is 2.84. The Hall–Kier alpha value is -2.47. The summed E-state index contributed by atoms with van der Waals surface area (Å²) in [4.78, 5) is 9.00. The van der Waals surface area contributed by atoms with E-state index in [4.69, 9.17) is 9.90 Å². The monoisotopic (exact) mass is 302 g/mol. The number of nitrogens with one attached hydrogen (secondary N) is 2. The van der Waals surface area contributed by atoms with Gasteiger partial charge in [0.2, 0.25) is 0 Å². The summed E-state index contributed by atoms with van der Waals surface area (Å²) in [5.74, 6) is -0.833. The van der Waals surface area contributed by atoms with E-state index in [-0.39, 0.29) is 0 Å². The van der Waals surface area contributed by atoms with E-state index in [9.17, 15) is 0 Å². The average molecular weight is 302 g/mol. The van der Waals surface area contributed by atoms with Crippen molar-refractivity contribution < 1.29 is 9.90 Å². The number of carboxylic acid groups (broad SMARTS) is 1. The summed E-state index contributed by atoms with van der Waals surface area (Å²) in [5, 5.41) is 22.5. The molecule has 1 aromatic carbocycles. The van der Waals surface area contributed by atoms with E-state index in [1.165, 1.54) is 0 Å². The first-order valence-electron chi connectivity index (χ1n) is 6.95. The number of aliphatic carboxylic acids is 1. The van der Waals surface area contributed by atoms with E-state index < -0.39 is 11.6 Å². The molecule has 1 atom stereocenters. The van der Waals surface area contributed by atoms with Crippen molar-refractivity contribution >= 4 is 11.7 Å². The maximum atomic E-state index is 9.00. The lowest BCUT2D eigenvalue weighted by atomic mass is 10.0. The van der Waals surface area contributed by atoms with E-state index in [1.54, 1.807) is 0 Å². The minimum Gasteiger partial charge on any atom is -0.481 e. The van der Waals surface area contributed by atoms with Gasteiger partial charge in [-0.2, -0.15) is 10.2 Å². The number of nitrogens with zero attached hydrogens (tertiary/aromatic N) is 2. The molecule has 0 aromatic heterocycles. The maximum absolute atomic E-state index is 9.00. The molecule has 0 spiro atoms. The van der Waals surface area contributed by atoms with Crippen molar-refractivity contribution in [3.8, 4) is 0 Å². The van der Waals surface area contributed by atoms with Gasteiger partial charge >= 0.3 is 0 Å². The summed E-state index contributed by atoms with van der Waals surface area (Å²) in [6, 6.07) is 9.75. The van der Waals surface area contributed by atoms with Gasteiger partial charge in [-0.15, -0.1) is 0 Å². The third-order valence-electron chi connectivity index (χ3n) is 2.99. The molecule has 1 unspecified atom stereocenters. The predicted molar refractivity (Wildman–Crippen MR) is 87.0 cm³/mol. The molecule has 0 heterocycles. The molecule has 1 aliphatic rings. The third kappa shape index (κ3) is 5.88. The summed E-state index contributed by atoms with van der Waals surface area (Å²) in [7, 11) is 3.81. The Morgan fingerprint density at radius 2 is 1.91 bits per heavy atom. The summed E-state index contributed by atoms with van der Waals surface area (Å²) in [5.41, 5.74) is 1.54. The van der Waals surface area contributed by atoms with Gasteiger partial charge in [-0.3, -0.25) is 10.1 Å². The van der Waals surface area contributed by atoms with Gasteiger partial charge in [0.1, 0.15) is 0 Å². The third-order valence-corrected chi connectivity index (χ3v) is 2.99. The number of allylic oxidation sites excluding steroid dienone is 1. The number of carboxylic acids is 1. The van der Waals surface area contributed by atoms with Crippen LogP contribution in [0.3, 0.4) is 0 Å². The van der Waals surface area contributed by atoms with Crippen molar-refractivity contribution in [2.24, 2.45) is 10.2 Å². The van der Waals surface area contributed by atoms with Crippen molar-refractivity contribution in [3.63, 3.8) is 0 Å². The highest BCUT2D eigenvalue weighted by Gasteiger charge is 2.25. The van der Waals surface area contributed by atoms with Crippen LogP contribution in [0.1, 0.15) is 13.3 Å². The van der Waals surface area contributed by atoms with Crippen LogP contribution < -0.4 is 10.6 Å². The van der Waals surface area contributed by atoms with Gasteiger partial charge in [0.15, 0.2) is 5.66 Å². The second-order valence-corrected chi connectivity index (χ2v) is 4.68. The molecule has 0 fully saturated rings. The van der Waals surface area contributed by atoms with Crippen LogP contribution in [0.5, 0.6) is 0 Å². The molecule has 0 saturated carbocycles. The Morgan fingerprint density at radius 3 is 2.36 bits per heavy atom. The highest BCUT2D eigenvalue weighted by Crippen LogP contribution is 2.23. The first-order valence-corrected chi connectivity index (χ1v) is 6.95. The lowest BCUT2D eigenvalue weighted by molar-refractivity contribution is -0.134. The SMILES string of the molecule is CC(=O)O.CNC1=CCC(N=Nc2ccccc2)(NC)C=C1. The molecule has 0 saturated heterocycles. The topological polar surface area (TPSA) is 86.1 Å². The minimum atomic E-state index is -0.833. The van der Waals surface area contributed by atoms with Gasteiger partial charge in [0.25, 0.3) is 5.97 Å². The second-order valence-electron chi connectivity index (χ2n) is 4.68. The Bertz CT molecular complexity index is 563. The normalized spacial score (nSPS) is 20.0. The van der Waals surface area contributed by atoms with Crippen molar-refractivity contribution in [2.45, 2.75) is 19.0 Å². The number of azo groups is 1. The molecule has 0 amide bonds. The van der Waals surface area contributed by atoms with Gasteiger partial charge in [-0.1, -0.05) is 24.3 Å². The zero-order chi connectivity index (χ0) is 16.4. The van der Waals surface area contributed by atoms with Crippen molar-refractivity contribution in [3.05, 3.63) is 54.3 Å². The van der Waals surface area contributed by atoms with Gasteiger partial charge in [0.05, 0.1) is 5.69 Å². The molecule has 22 heavy (non-hydrogen) atoms. The summed E-state index contributed by atoms with van der Waals surface area (Å²) in [6.07, 6.45) is 6.95. The van der Waals surface area contributed by atoms with E-state index in [2.05, 4.69) is 26.9 Å². The fourth-order valence-corrected chi connectivity index (χ4v) is 1.77. The summed E-state index contributed by atoms with van der Waals surface area (Å²) < 4.78 is 0. The molecule has 2 rings (SSSR count). The first kappa shape index (κ1) is 17.6. The highest BCUT2D eigenvalue weighted by atomic mass is 16.4. The van der Waals surface area contributed by atoms with Crippen LogP contribution >= 0.6 is 0 Å². The van der Waals surface area contributed by atoms with Crippen molar-refractivity contribution in [2.75, 3.05) is 14.1 Å². The first-order chi connectivity index (χ1) is 10.5. The molecule has 0 bridgehead atoms. The molecule has 6 nitrogen and oxygen atoms in total. The average Bonchev–Trinajstić information content (AvgIpc) is 2.54. The number of hydrogen-bond donors (Lipinski definition) is 3. The van der Waals surface area contributed by atoms with Gasteiger partial charge in [-0.05, 0) is 31.3 Å². The largest absolute Gasteiger partial charge is 0.481 e. The molecular weight excluding hydrogens is 280 g/mol. The minimum absolute atomic E-state index is 0.434. The van der Waals surface area contributed by atoms with Crippen LogP contribution in [-0.2, 0) is 4.79 Å². The van der Waals surface area contributed by atoms with Crippen LogP contribution in [0.25, 0.3) is 0 Å². The zero-order valence-electron chi connectivity index (χ0n) is 13.1. The van der Waals surface area contributed by atoms with Crippen LogP contribution in [0.2, 0.25) is 0 Å². The van der Waals surface area contributed by atoms with Gasteiger partial charge in [0, 0.05) is 26.1 Å². The van der Waals surface area contributed by atoms with Crippen molar-refractivity contribution in [1.82, 2.24) is 10.6 Å². The van der Waals surface area contributed by atoms with Crippen LogP contribution in [0.15, 0.2) is 64.5 Å². The highest BCUT2D eigenvalue weighted by molar-refractivity contribution is 5.62. The van der Waals surface area contributed by atoms with Gasteiger partial charge < -0.3 is 10.4 Å². The number of likely N-dealkylation sites (N-methyl/N-ethyl adjacent to an activating group) is 2. The number of carbonyl (C=O) groups is 1. The number of benzene rings is 1. The number of hydrogen-bond acceptors (Lipinski definition) is 5. The molecular formula is C16H22N4O2. The zero-order valence-corrected chi connectivity index (χ0v) is 13.1. The van der Waals surface area contributed by atoms with Crippen LogP contribution in [0, 0.1) is 0 Å². The lowest BCUT2D eigenvalue weighted by Gasteiger charge is -2.26. The molecule has 1 aromatic rings. The Labute approximate surface area is 130 Å². The van der Waals surface area contributed by atoms with E-state index >= 15 is 0 Å². The molecule has 0 radical (unpaired) electrons. The fraction of sp³-hybridized carbons (Fsp3) is 0.312. The summed E-state index contributed by atoms with van der Waals surface area (Å²) >= 11 is 0. The molecule has 6 heteroatoms. The quantitative estimate of drug-likeness (QED) is 0.746. The molecule has 118 valence electrons. The standard InChI is InChI=1S/C14H18N4.C2H4O2/c1-15-12-8-10-14(16-2,11-9-12)18-17-13-6-4-3-5-7-13;1-2(3)4/h3-10,15-16H,11H2,1-2H3;1H3,(H,3,4). The van der Waals surface area contributed by atoms with Crippen LogP contribution in [-0.4, -0.2) is 30.8 Å². The Kier molecular flexibility index (Phi) is 6.98. The smallest absolute Gasteiger partial charge is 0.300 e. The molecule has 0 aliphatic heterocycles. The Balaban J connectivity index is 0.000000541. The second kappa shape index (κ2) is 8.74. The lowest BCUT2D eigenvalue weighted by Crippen LogP contribution is -2.39. The number of rotatable bonds is 4. The van der Waals surface area contributed by atoms with E-state index in [1.807, 2.05) is 56.6 Å². The maximum Gasteiger partial charge on any atom is 0.300 e. The molecule has 3 N–H and O–H groups in total. The summed E-state index contributed by atoms with van der Waals surface area (Å²) in [6.45, 7) is 1.08. The van der Waals surface area contributed by atoms with Crippen LogP contribution in [0.4, 0.5) is 5.69 Å². The van der Waals surface area contributed by atoms with E-state index in [0.29, 0.717) is 0 Å². The Morgan fingerprint density at radius 1 is 1.27 bits per heavy atom. The fourth-order valence-electron chi connectivity index (χ4n) is 1.77. The molecule has 1 aliphatic carbocycles. The van der Waals surface area contributed by atoms with Crippen molar-refractivity contribution in [1.29, 1.82) is 0 Å². The van der Waals surface area contributed by atoms with E-state index in [0.717, 1.165) is 24.7 Å². The van der Waals surface area contributed by atoms with Gasteiger partial charge in [-0.25, -0.2) is 0 Å².